The summed E-state index contributed by atoms with van der Waals surface area (Å²) in [5, 5.41) is 16.2. The van der Waals surface area contributed by atoms with E-state index in [4.69, 9.17) is 0 Å². The first-order valence-corrected chi connectivity index (χ1v) is 10.4. The first-order valence-electron chi connectivity index (χ1n) is 10.4. The molecule has 4 rings (SSSR count). The Morgan fingerprint density at radius 2 is 1.73 bits per heavy atom. The molecule has 4 heteroatoms. The van der Waals surface area contributed by atoms with Crippen LogP contribution >= 0.6 is 0 Å². The van der Waals surface area contributed by atoms with Gasteiger partial charge in [-0.1, -0.05) is 57.2 Å². The fourth-order valence-electron chi connectivity index (χ4n) is 4.63. The summed E-state index contributed by atoms with van der Waals surface area (Å²) in [6, 6.07) is 16.7. The van der Waals surface area contributed by atoms with Crippen molar-refractivity contribution in [2.75, 3.05) is 0 Å². The van der Waals surface area contributed by atoms with Gasteiger partial charge >= 0.3 is 0 Å². The van der Waals surface area contributed by atoms with E-state index in [1.165, 1.54) is 17.7 Å². The molecule has 2 atom stereocenters. The number of fused-ring (bicyclic) bond motifs is 1. The summed E-state index contributed by atoms with van der Waals surface area (Å²) in [7, 11) is 0. The fourth-order valence-corrected chi connectivity index (χ4v) is 4.63. The molecule has 0 saturated heterocycles. The third-order valence-corrected chi connectivity index (χ3v) is 6.70. The maximum Gasteiger partial charge on any atom is 0.123 e. The highest BCUT2D eigenvalue weighted by atomic mass is 19.1. The van der Waals surface area contributed by atoms with Gasteiger partial charge in [0.1, 0.15) is 5.82 Å². The standard InChI is InChI=1S/C26H29FN2O/c1-24(2,20-8-6-5-7-9-20)18-26(4,30)25(3)15-14-23-19(16-25)17-28-29(23)22-12-10-21(27)11-13-22/h5-15,17,30H,16,18H2,1-4H3. The molecule has 3 aromatic rings. The van der Waals surface area contributed by atoms with Gasteiger partial charge in [-0.05, 0) is 66.6 Å². The van der Waals surface area contributed by atoms with E-state index < -0.39 is 11.0 Å². The highest BCUT2D eigenvalue weighted by Gasteiger charge is 2.46. The van der Waals surface area contributed by atoms with Crippen molar-refractivity contribution in [1.29, 1.82) is 0 Å². The lowest BCUT2D eigenvalue weighted by atomic mass is 9.62. The monoisotopic (exact) mass is 404 g/mol. The van der Waals surface area contributed by atoms with Crippen LogP contribution in [0.15, 0.2) is 66.9 Å². The van der Waals surface area contributed by atoms with E-state index >= 15 is 0 Å². The zero-order chi connectivity index (χ0) is 21.6. The lowest BCUT2D eigenvalue weighted by Crippen LogP contribution is -2.48. The van der Waals surface area contributed by atoms with Gasteiger partial charge in [-0.15, -0.1) is 0 Å². The third-order valence-electron chi connectivity index (χ3n) is 6.70. The first kappa shape index (κ1) is 20.5. The van der Waals surface area contributed by atoms with E-state index in [9.17, 15) is 9.50 Å². The number of rotatable bonds is 5. The molecule has 30 heavy (non-hydrogen) atoms. The van der Waals surface area contributed by atoms with Crippen LogP contribution < -0.4 is 0 Å². The topological polar surface area (TPSA) is 38.1 Å². The number of hydrogen-bond acceptors (Lipinski definition) is 2. The van der Waals surface area contributed by atoms with Crippen LogP contribution in [0.2, 0.25) is 0 Å². The van der Waals surface area contributed by atoms with Crippen LogP contribution in [0, 0.1) is 11.2 Å². The van der Waals surface area contributed by atoms with E-state index in [1.54, 1.807) is 12.1 Å². The molecule has 0 radical (unpaired) electrons. The van der Waals surface area contributed by atoms with Crippen molar-refractivity contribution >= 4 is 6.08 Å². The maximum atomic E-state index is 13.3. The van der Waals surface area contributed by atoms with Crippen LogP contribution in [0.3, 0.4) is 0 Å². The summed E-state index contributed by atoms with van der Waals surface area (Å²) in [5.41, 5.74) is 2.60. The summed E-state index contributed by atoms with van der Waals surface area (Å²) in [6.45, 7) is 8.43. The Labute approximate surface area is 177 Å². The number of aromatic nitrogens is 2. The Balaban J connectivity index is 1.61. The van der Waals surface area contributed by atoms with Gasteiger partial charge in [0.15, 0.2) is 0 Å². The van der Waals surface area contributed by atoms with Crippen molar-refractivity contribution in [2.45, 2.75) is 51.6 Å². The Bertz CT molecular complexity index is 1060. The molecule has 1 N–H and O–H groups in total. The van der Waals surface area contributed by atoms with Gasteiger partial charge in [-0.25, -0.2) is 9.07 Å². The molecule has 0 bridgehead atoms. The van der Waals surface area contributed by atoms with Gasteiger partial charge in [0.05, 0.1) is 23.2 Å². The number of aliphatic hydroxyl groups is 1. The molecule has 0 saturated carbocycles. The molecule has 1 heterocycles. The van der Waals surface area contributed by atoms with Crippen LogP contribution in [-0.2, 0) is 11.8 Å². The molecule has 3 nitrogen and oxygen atoms in total. The molecule has 156 valence electrons. The molecule has 1 aliphatic rings. The summed E-state index contributed by atoms with van der Waals surface area (Å²) in [4.78, 5) is 0. The predicted octanol–water partition coefficient (Wildman–Crippen LogP) is 5.71. The van der Waals surface area contributed by atoms with Gasteiger partial charge in [-0.3, -0.25) is 0 Å². The Morgan fingerprint density at radius 3 is 2.40 bits per heavy atom. The van der Waals surface area contributed by atoms with Crippen LogP contribution in [0.25, 0.3) is 11.8 Å². The van der Waals surface area contributed by atoms with Gasteiger partial charge in [-0.2, -0.15) is 5.10 Å². The second kappa shape index (κ2) is 7.21. The molecule has 2 unspecified atom stereocenters. The van der Waals surface area contributed by atoms with Crippen molar-refractivity contribution in [2.24, 2.45) is 5.41 Å². The summed E-state index contributed by atoms with van der Waals surface area (Å²) < 4.78 is 15.1. The lowest BCUT2D eigenvalue weighted by Gasteiger charge is -2.46. The third kappa shape index (κ3) is 3.61. The highest BCUT2D eigenvalue weighted by molar-refractivity contribution is 5.57. The lowest BCUT2D eigenvalue weighted by molar-refractivity contribution is -0.0554. The zero-order valence-electron chi connectivity index (χ0n) is 18.1. The Kier molecular flexibility index (Phi) is 4.94. The molecule has 0 aliphatic heterocycles. The van der Waals surface area contributed by atoms with Gasteiger partial charge in [0.2, 0.25) is 0 Å². The smallest absolute Gasteiger partial charge is 0.123 e. The summed E-state index contributed by atoms with van der Waals surface area (Å²) in [6.07, 6.45) is 7.33. The maximum absolute atomic E-state index is 13.3. The molecule has 0 fully saturated rings. The second-order valence-corrected chi connectivity index (χ2v) is 9.57. The molecular weight excluding hydrogens is 375 g/mol. The minimum atomic E-state index is -0.918. The van der Waals surface area contributed by atoms with E-state index in [-0.39, 0.29) is 11.2 Å². The van der Waals surface area contributed by atoms with Crippen molar-refractivity contribution in [3.63, 3.8) is 0 Å². The van der Waals surface area contributed by atoms with Crippen LogP contribution in [-0.4, -0.2) is 20.5 Å². The van der Waals surface area contributed by atoms with E-state index in [0.29, 0.717) is 12.8 Å². The average Bonchev–Trinajstić information content (AvgIpc) is 3.11. The van der Waals surface area contributed by atoms with Crippen LogP contribution in [0.5, 0.6) is 0 Å². The Hall–Kier alpha value is -2.72. The van der Waals surface area contributed by atoms with Gasteiger partial charge in [0.25, 0.3) is 0 Å². The largest absolute Gasteiger partial charge is 0.389 e. The van der Waals surface area contributed by atoms with Crippen molar-refractivity contribution < 1.29 is 9.50 Å². The Morgan fingerprint density at radius 1 is 1.07 bits per heavy atom. The molecule has 1 aliphatic carbocycles. The number of halogens is 1. The zero-order valence-corrected chi connectivity index (χ0v) is 18.1. The summed E-state index contributed by atoms with van der Waals surface area (Å²) in [5.74, 6) is -0.264. The average molecular weight is 405 g/mol. The van der Waals surface area contributed by atoms with Gasteiger partial charge in [0, 0.05) is 5.41 Å². The number of hydrogen-bond donors (Lipinski definition) is 1. The molecule has 2 aromatic carbocycles. The number of nitrogens with zero attached hydrogens (tertiary/aromatic N) is 2. The second-order valence-electron chi connectivity index (χ2n) is 9.57. The SMILES string of the molecule is CC(C)(CC(C)(O)C1(C)C=Cc2c(cnn2-c2ccc(F)cc2)C1)c1ccccc1. The van der Waals surface area contributed by atoms with Crippen LogP contribution in [0.4, 0.5) is 4.39 Å². The predicted molar refractivity (Wildman–Crippen MR) is 119 cm³/mol. The van der Waals surface area contributed by atoms with Gasteiger partial charge < -0.3 is 5.11 Å². The molecule has 1 aromatic heterocycles. The van der Waals surface area contributed by atoms with E-state index in [0.717, 1.165) is 16.9 Å². The number of benzene rings is 2. The highest BCUT2D eigenvalue weighted by Crippen LogP contribution is 2.46. The minimum absolute atomic E-state index is 0.166. The minimum Gasteiger partial charge on any atom is -0.389 e. The first-order chi connectivity index (χ1) is 14.1. The van der Waals surface area contributed by atoms with Crippen molar-refractivity contribution in [3.8, 4) is 5.69 Å². The molecule has 0 spiro atoms. The van der Waals surface area contributed by atoms with E-state index in [2.05, 4.69) is 44.1 Å². The summed E-state index contributed by atoms with van der Waals surface area (Å²) >= 11 is 0. The van der Waals surface area contributed by atoms with Crippen molar-refractivity contribution in [1.82, 2.24) is 9.78 Å². The normalized spacial score (nSPS) is 20.6. The van der Waals surface area contributed by atoms with Crippen molar-refractivity contribution in [3.05, 3.63) is 89.5 Å². The molecular formula is C26H29FN2O. The van der Waals surface area contributed by atoms with E-state index in [1.807, 2.05) is 42.1 Å². The molecule has 0 amide bonds. The van der Waals surface area contributed by atoms with Crippen LogP contribution in [0.1, 0.15) is 50.9 Å². The quantitative estimate of drug-likeness (QED) is 0.592. The fraction of sp³-hybridized carbons (Fsp3) is 0.346.